The quantitative estimate of drug-likeness (QED) is 0.789. The van der Waals surface area contributed by atoms with Crippen molar-refractivity contribution in [2.75, 3.05) is 27.7 Å². The van der Waals surface area contributed by atoms with Gasteiger partial charge in [0.25, 0.3) is 0 Å². The number of rotatable bonds is 8. The number of hydrogen-bond acceptors (Lipinski definition) is 3. The first-order valence-electron chi connectivity index (χ1n) is 7.53. The monoisotopic (exact) mass is 278 g/mol. The first-order chi connectivity index (χ1) is 9.49. The molecule has 3 atom stereocenters. The van der Waals surface area contributed by atoms with E-state index in [1.807, 2.05) is 6.07 Å². The van der Waals surface area contributed by atoms with Crippen molar-refractivity contribution in [3.05, 3.63) is 29.8 Å². The van der Waals surface area contributed by atoms with Gasteiger partial charge in [-0.2, -0.15) is 0 Å². The highest BCUT2D eigenvalue weighted by molar-refractivity contribution is 5.30. The Morgan fingerprint density at radius 1 is 1.25 bits per heavy atom. The first-order valence-corrected chi connectivity index (χ1v) is 7.53. The third-order valence-electron chi connectivity index (χ3n) is 4.23. The number of ether oxygens (including phenoxy) is 1. The van der Waals surface area contributed by atoms with E-state index in [2.05, 4.69) is 63.3 Å². The van der Waals surface area contributed by atoms with Crippen molar-refractivity contribution in [1.82, 2.24) is 10.2 Å². The Morgan fingerprint density at radius 2 is 1.95 bits per heavy atom. The molecule has 1 aromatic rings. The van der Waals surface area contributed by atoms with Crippen LogP contribution < -0.4 is 10.1 Å². The molecule has 1 rings (SSSR count). The van der Waals surface area contributed by atoms with Crippen LogP contribution in [0, 0.1) is 5.92 Å². The summed E-state index contributed by atoms with van der Waals surface area (Å²) in [5.74, 6) is 1.62. The number of hydrogen-bond donors (Lipinski definition) is 1. The van der Waals surface area contributed by atoms with Gasteiger partial charge in [0.15, 0.2) is 0 Å². The highest BCUT2D eigenvalue weighted by atomic mass is 16.5. The van der Waals surface area contributed by atoms with Crippen molar-refractivity contribution < 1.29 is 4.74 Å². The van der Waals surface area contributed by atoms with Crippen molar-refractivity contribution in [2.24, 2.45) is 5.92 Å². The number of benzene rings is 1. The lowest BCUT2D eigenvalue weighted by molar-refractivity contribution is 0.266. The molecule has 0 saturated carbocycles. The molecule has 0 aliphatic rings. The second-order valence-corrected chi connectivity index (χ2v) is 5.84. The molecule has 0 saturated heterocycles. The molecule has 0 aliphatic heterocycles. The predicted octanol–water partition coefficient (Wildman–Crippen LogP) is 3.32. The molecule has 0 fully saturated rings. The van der Waals surface area contributed by atoms with Gasteiger partial charge in [0.2, 0.25) is 0 Å². The maximum absolute atomic E-state index is 5.33. The summed E-state index contributed by atoms with van der Waals surface area (Å²) in [5, 5.41) is 3.67. The Kier molecular flexibility index (Phi) is 7.03. The fraction of sp³-hybridized carbons (Fsp3) is 0.647. The van der Waals surface area contributed by atoms with Gasteiger partial charge in [-0.15, -0.1) is 0 Å². The summed E-state index contributed by atoms with van der Waals surface area (Å²) < 4.78 is 5.33. The van der Waals surface area contributed by atoms with Crippen LogP contribution in [-0.2, 0) is 0 Å². The molecular formula is C17H30N2O. The van der Waals surface area contributed by atoms with Gasteiger partial charge < -0.3 is 15.0 Å². The second kappa shape index (κ2) is 8.28. The Morgan fingerprint density at radius 3 is 2.50 bits per heavy atom. The third-order valence-corrected chi connectivity index (χ3v) is 4.23. The first kappa shape index (κ1) is 17.0. The van der Waals surface area contributed by atoms with Crippen molar-refractivity contribution in [1.29, 1.82) is 0 Å². The summed E-state index contributed by atoms with van der Waals surface area (Å²) in [5.41, 5.74) is 1.29. The van der Waals surface area contributed by atoms with Crippen LogP contribution in [0.4, 0.5) is 0 Å². The molecule has 1 N–H and O–H groups in total. The minimum Gasteiger partial charge on any atom is -0.497 e. The van der Waals surface area contributed by atoms with Crippen molar-refractivity contribution in [3.8, 4) is 5.75 Å². The van der Waals surface area contributed by atoms with E-state index in [0.29, 0.717) is 18.0 Å². The Labute approximate surface area is 124 Å². The smallest absolute Gasteiger partial charge is 0.119 e. The van der Waals surface area contributed by atoms with Gasteiger partial charge in [0.05, 0.1) is 7.11 Å². The summed E-state index contributed by atoms with van der Waals surface area (Å²) in [6.07, 6.45) is 1.21. The molecule has 114 valence electrons. The summed E-state index contributed by atoms with van der Waals surface area (Å²) in [6, 6.07) is 9.24. The lowest BCUT2D eigenvalue weighted by Crippen LogP contribution is -2.38. The van der Waals surface area contributed by atoms with E-state index in [4.69, 9.17) is 4.74 Å². The van der Waals surface area contributed by atoms with Gasteiger partial charge in [0, 0.05) is 18.6 Å². The van der Waals surface area contributed by atoms with Crippen LogP contribution in [0.3, 0.4) is 0 Å². The normalized spacial score (nSPS) is 15.9. The summed E-state index contributed by atoms with van der Waals surface area (Å²) in [4.78, 5) is 2.26. The van der Waals surface area contributed by atoms with Crippen LogP contribution in [0.2, 0.25) is 0 Å². The van der Waals surface area contributed by atoms with E-state index < -0.39 is 0 Å². The predicted molar refractivity (Wildman–Crippen MR) is 86.3 cm³/mol. The second-order valence-electron chi connectivity index (χ2n) is 5.84. The highest BCUT2D eigenvalue weighted by Crippen LogP contribution is 2.22. The molecule has 20 heavy (non-hydrogen) atoms. The minimum atomic E-state index is 0.358. The average molecular weight is 278 g/mol. The van der Waals surface area contributed by atoms with Crippen molar-refractivity contribution in [3.63, 3.8) is 0 Å². The van der Waals surface area contributed by atoms with Gasteiger partial charge in [0.1, 0.15) is 5.75 Å². The van der Waals surface area contributed by atoms with Crippen LogP contribution >= 0.6 is 0 Å². The van der Waals surface area contributed by atoms with E-state index in [-0.39, 0.29) is 0 Å². The van der Waals surface area contributed by atoms with Crippen LogP contribution in [0.15, 0.2) is 24.3 Å². The molecule has 3 heteroatoms. The summed E-state index contributed by atoms with van der Waals surface area (Å²) in [6.45, 7) is 7.76. The standard InChI is InChI=1S/C17H30N2O/c1-7-13(2)14(3)18-12-17(19(4)5)15-9-8-10-16(11-15)20-6/h8-11,13-14,17-18H,7,12H2,1-6H3. The number of nitrogens with zero attached hydrogens (tertiary/aromatic N) is 1. The molecule has 0 radical (unpaired) electrons. The molecule has 3 unspecified atom stereocenters. The number of methoxy groups -OCH3 is 1. The zero-order valence-electron chi connectivity index (χ0n) is 13.8. The van der Waals surface area contributed by atoms with E-state index >= 15 is 0 Å². The molecule has 0 heterocycles. The molecule has 0 spiro atoms. The SMILES string of the molecule is CCC(C)C(C)NCC(c1cccc(OC)c1)N(C)C. The molecule has 0 aliphatic carbocycles. The Bertz CT molecular complexity index is 392. The molecule has 0 amide bonds. The maximum atomic E-state index is 5.33. The third kappa shape index (κ3) is 4.80. The topological polar surface area (TPSA) is 24.5 Å². The van der Waals surface area contributed by atoms with E-state index in [9.17, 15) is 0 Å². The van der Waals surface area contributed by atoms with E-state index in [0.717, 1.165) is 12.3 Å². The maximum Gasteiger partial charge on any atom is 0.119 e. The van der Waals surface area contributed by atoms with Crippen molar-refractivity contribution in [2.45, 2.75) is 39.3 Å². The molecule has 1 aromatic carbocycles. The zero-order valence-corrected chi connectivity index (χ0v) is 13.8. The largest absolute Gasteiger partial charge is 0.497 e. The van der Waals surface area contributed by atoms with E-state index in [1.54, 1.807) is 7.11 Å². The fourth-order valence-electron chi connectivity index (χ4n) is 2.30. The minimum absolute atomic E-state index is 0.358. The Balaban J connectivity index is 2.74. The Hall–Kier alpha value is -1.06. The lowest BCUT2D eigenvalue weighted by Gasteiger charge is -2.28. The number of nitrogens with one attached hydrogen (secondary N) is 1. The number of likely N-dealkylation sites (N-methyl/N-ethyl adjacent to an activating group) is 1. The van der Waals surface area contributed by atoms with Crippen LogP contribution in [0.1, 0.15) is 38.8 Å². The summed E-state index contributed by atoms with van der Waals surface area (Å²) in [7, 11) is 5.96. The van der Waals surface area contributed by atoms with Crippen molar-refractivity contribution >= 4 is 0 Å². The van der Waals surface area contributed by atoms with Gasteiger partial charge in [-0.1, -0.05) is 32.4 Å². The fourth-order valence-corrected chi connectivity index (χ4v) is 2.30. The van der Waals surface area contributed by atoms with Gasteiger partial charge in [-0.3, -0.25) is 0 Å². The summed E-state index contributed by atoms with van der Waals surface area (Å²) >= 11 is 0. The van der Waals surface area contributed by atoms with Gasteiger partial charge in [-0.25, -0.2) is 0 Å². The molecule has 0 bridgehead atoms. The van der Waals surface area contributed by atoms with Gasteiger partial charge >= 0.3 is 0 Å². The molecular weight excluding hydrogens is 248 g/mol. The molecule has 0 aromatic heterocycles. The zero-order chi connectivity index (χ0) is 15.1. The van der Waals surface area contributed by atoms with Crippen LogP contribution in [-0.4, -0.2) is 38.7 Å². The van der Waals surface area contributed by atoms with Gasteiger partial charge in [-0.05, 0) is 44.6 Å². The highest BCUT2D eigenvalue weighted by Gasteiger charge is 2.17. The van der Waals surface area contributed by atoms with Crippen LogP contribution in [0.25, 0.3) is 0 Å². The average Bonchev–Trinajstić information content (AvgIpc) is 2.46. The molecule has 3 nitrogen and oxygen atoms in total. The lowest BCUT2D eigenvalue weighted by atomic mass is 9.99. The van der Waals surface area contributed by atoms with E-state index in [1.165, 1.54) is 12.0 Å². The van der Waals surface area contributed by atoms with Crippen LogP contribution in [0.5, 0.6) is 5.75 Å².